The van der Waals surface area contributed by atoms with Crippen LogP contribution in [0.4, 0.5) is 10.6 Å². The largest absolute Gasteiger partial charge is 0.443 e. The second kappa shape index (κ2) is 10.4. The summed E-state index contributed by atoms with van der Waals surface area (Å²) < 4.78 is 5.94. The number of anilines is 1. The zero-order valence-corrected chi connectivity index (χ0v) is 21.3. The van der Waals surface area contributed by atoms with E-state index in [1.165, 1.54) is 11.3 Å². The summed E-state index contributed by atoms with van der Waals surface area (Å²) in [4.78, 5) is 49.8. The standard InChI is InChI=1S/C28H37N5O4/c34-26-24-19-9-10-20(16-19)25(24)27(35)33(26)18-22(37-28(36)30-21-6-2-1-3-7-21)17-31-12-14-32(15-13-31)23-8-4-5-11-29-23/h4-5,8-11,19-22,24-25H,1-3,6-7,12-18H2,(H,30,36). The molecule has 4 fully saturated rings. The molecule has 1 aromatic rings. The number of hydrogen-bond donors (Lipinski definition) is 1. The Hall–Kier alpha value is -2.94. The average Bonchev–Trinajstić information content (AvgIpc) is 3.60. The van der Waals surface area contributed by atoms with Crippen molar-refractivity contribution in [1.82, 2.24) is 20.1 Å². The number of alkyl carbamates (subject to hydrolysis) is 1. The Morgan fingerprint density at radius 1 is 0.973 bits per heavy atom. The first kappa shape index (κ1) is 24.4. The molecule has 0 radical (unpaired) electrons. The first-order chi connectivity index (χ1) is 18.1. The molecule has 2 aliphatic heterocycles. The molecular formula is C28H37N5O4. The van der Waals surface area contributed by atoms with Gasteiger partial charge in [0.15, 0.2) is 0 Å². The number of fused-ring (bicyclic) bond motifs is 5. The molecule has 3 amide bonds. The quantitative estimate of drug-likeness (QED) is 0.447. The first-order valence-electron chi connectivity index (χ1n) is 14.0. The number of nitrogens with one attached hydrogen (secondary N) is 1. The fourth-order valence-corrected chi connectivity index (χ4v) is 7.07. The summed E-state index contributed by atoms with van der Waals surface area (Å²) in [6.07, 6.45) is 11.3. The smallest absolute Gasteiger partial charge is 0.407 e. The van der Waals surface area contributed by atoms with Crippen LogP contribution in [0.2, 0.25) is 0 Å². The molecular weight excluding hydrogens is 470 g/mol. The van der Waals surface area contributed by atoms with Crippen molar-refractivity contribution in [3.8, 4) is 0 Å². The number of ether oxygens (including phenoxy) is 1. The van der Waals surface area contributed by atoms with Crippen molar-refractivity contribution in [3.05, 3.63) is 36.5 Å². The van der Waals surface area contributed by atoms with Gasteiger partial charge in [0, 0.05) is 45.0 Å². The van der Waals surface area contributed by atoms with Gasteiger partial charge in [0.25, 0.3) is 0 Å². The fourth-order valence-electron chi connectivity index (χ4n) is 7.07. The summed E-state index contributed by atoms with van der Waals surface area (Å²) in [6.45, 7) is 3.84. The molecule has 3 heterocycles. The highest BCUT2D eigenvalue weighted by molar-refractivity contribution is 6.06. The summed E-state index contributed by atoms with van der Waals surface area (Å²) >= 11 is 0. The molecule has 1 N–H and O–H groups in total. The number of carbonyl (C=O) groups is 3. The molecule has 5 aliphatic rings. The van der Waals surface area contributed by atoms with Crippen LogP contribution in [0.25, 0.3) is 0 Å². The number of nitrogens with zero attached hydrogens (tertiary/aromatic N) is 4. The van der Waals surface area contributed by atoms with Crippen molar-refractivity contribution in [3.63, 3.8) is 0 Å². The summed E-state index contributed by atoms with van der Waals surface area (Å²) in [7, 11) is 0. The number of pyridine rings is 1. The van der Waals surface area contributed by atoms with Gasteiger partial charge >= 0.3 is 6.09 Å². The van der Waals surface area contributed by atoms with E-state index in [0.717, 1.165) is 64.1 Å². The fraction of sp³-hybridized carbons (Fsp3) is 0.643. The van der Waals surface area contributed by atoms with Crippen molar-refractivity contribution in [2.75, 3.05) is 44.2 Å². The van der Waals surface area contributed by atoms with Gasteiger partial charge in [-0.3, -0.25) is 19.4 Å². The molecule has 3 aliphatic carbocycles. The Morgan fingerprint density at radius 3 is 2.32 bits per heavy atom. The normalized spacial score (nSPS) is 30.6. The maximum absolute atomic E-state index is 13.3. The third kappa shape index (κ3) is 4.98. The topological polar surface area (TPSA) is 95.1 Å². The SMILES string of the molecule is O=C(NC1CCCCC1)OC(CN1CCN(c2ccccn2)CC1)CN1C(=O)C2C3C=CC(C3)C2C1=O. The molecule has 2 saturated heterocycles. The minimum atomic E-state index is -0.567. The maximum Gasteiger partial charge on any atom is 0.407 e. The highest BCUT2D eigenvalue weighted by Gasteiger charge is 2.59. The lowest BCUT2D eigenvalue weighted by Crippen LogP contribution is -2.52. The van der Waals surface area contributed by atoms with E-state index in [1.807, 2.05) is 18.2 Å². The lowest BCUT2D eigenvalue weighted by molar-refractivity contribution is -0.142. The van der Waals surface area contributed by atoms with Gasteiger partial charge in [-0.15, -0.1) is 0 Å². The highest BCUT2D eigenvalue weighted by Crippen LogP contribution is 2.52. The van der Waals surface area contributed by atoms with Gasteiger partial charge in [-0.05, 0) is 43.2 Å². The Morgan fingerprint density at radius 2 is 1.68 bits per heavy atom. The maximum atomic E-state index is 13.3. The molecule has 0 aromatic carbocycles. The second-order valence-electron chi connectivity index (χ2n) is 11.3. The van der Waals surface area contributed by atoms with Gasteiger partial charge in [0.05, 0.1) is 18.4 Å². The van der Waals surface area contributed by atoms with Crippen LogP contribution >= 0.6 is 0 Å². The molecule has 6 rings (SSSR count). The molecule has 5 atom stereocenters. The van der Waals surface area contributed by atoms with Gasteiger partial charge in [-0.1, -0.05) is 37.5 Å². The second-order valence-corrected chi connectivity index (χ2v) is 11.3. The number of likely N-dealkylation sites (tertiary alicyclic amines) is 1. The third-order valence-electron chi connectivity index (χ3n) is 8.96. The van der Waals surface area contributed by atoms with Crippen LogP contribution in [0.3, 0.4) is 0 Å². The monoisotopic (exact) mass is 507 g/mol. The number of aromatic nitrogens is 1. The number of carbonyl (C=O) groups excluding carboxylic acids is 3. The van der Waals surface area contributed by atoms with Gasteiger partial charge in [0.2, 0.25) is 11.8 Å². The summed E-state index contributed by atoms with van der Waals surface area (Å²) in [5.41, 5.74) is 0. The molecule has 9 heteroatoms. The van der Waals surface area contributed by atoms with Crippen LogP contribution in [0.15, 0.2) is 36.5 Å². The van der Waals surface area contributed by atoms with Crippen LogP contribution in [0.1, 0.15) is 38.5 Å². The molecule has 5 unspecified atom stereocenters. The number of imide groups is 1. The van der Waals surface area contributed by atoms with E-state index < -0.39 is 12.2 Å². The van der Waals surface area contributed by atoms with Gasteiger partial charge in [-0.25, -0.2) is 9.78 Å². The lowest BCUT2D eigenvalue weighted by atomic mass is 9.85. The first-order valence-corrected chi connectivity index (χ1v) is 14.0. The van der Waals surface area contributed by atoms with Crippen LogP contribution in [0.5, 0.6) is 0 Å². The van der Waals surface area contributed by atoms with Gasteiger partial charge in [-0.2, -0.15) is 0 Å². The Bertz CT molecular complexity index is 1000. The van der Waals surface area contributed by atoms with E-state index in [1.54, 1.807) is 6.20 Å². The molecule has 1 aromatic heterocycles. The van der Waals surface area contributed by atoms with Crippen LogP contribution in [-0.2, 0) is 14.3 Å². The van der Waals surface area contributed by atoms with E-state index in [0.29, 0.717) is 6.54 Å². The lowest BCUT2D eigenvalue weighted by Gasteiger charge is -2.37. The van der Waals surface area contributed by atoms with Crippen molar-refractivity contribution < 1.29 is 19.1 Å². The summed E-state index contributed by atoms with van der Waals surface area (Å²) in [5, 5.41) is 3.03. The molecule has 9 nitrogen and oxygen atoms in total. The number of amides is 3. The van der Waals surface area contributed by atoms with Crippen molar-refractivity contribution in [2.24, 2.45) is 23.7 Å². The van der Waals surface area contributed by atoms with Crippen molar-refractivity contribution >= 4 is 23.7 Å². The number of allylic oxidation sites excluding steroid dienone is 2. The highest BCUT2D eigenvalue weighted by atomic mass is 16.6. The predicted octanol–water partition coefficient (Wildman–Crippen LogP) is 2.44. The predicted molar refractivity (Wildman–Crippen MR) is 138 cm³/mol. The van der Waals surface area contributed by atoms with E-state index >= 15 is 0 Å². The molecule has 0 spiro atoms. The van der Waals surface area contributed by atoms with Crippen LogP contribution < -0.4 is 10.2 Å². The Balaban J connectivity index is 1.11. The van der Waals surface area contributed by atoms with E-state index in [-0.39, 0.29) is 48.1 Å². The Kier molecular flexibility index (Phi) is 6.88. The van der Waals surface area contributed by atoms with Crippen molar-refractivity contribution in [2.45, 2.75) is 50.7 Å². The average molecular weight is 508 g/mol. The van der Waals surface area contributed by atoms with Gasteiger partial charge in [0.1, 0.15) is 11.9 Å². The zero-order valence-electron chi connectivity index (χ0n) is 21.3. The van der Waals surface area contributed by atoms with Crippen LogP contribution in [-0.4, -0.2) is 84.1 Å². The molecule has 2 saturated carbocycles. The molecule has 37 heavy (non-hydrogen) atoms. The van der Waals surface area contributed by atoms with E-state index in [9.17, 15) is 14.4 Å². The summed E-state index contributed by atoms with van der Waals surface area (Å²) in [6, 6.07) is 6.06. The summed E-state index contributed by atoms with van der Waals surface area (Å²) in [5.74, 6) is 0.656. The number of hydrogen-bond acceptors (Lipinski definition) is 7. The van der Waals surface area contributed by atoms with Crippen molar-refractivity contribution in [1.29, 1.82) is 0 Å². The van der Waals surface area contributed by atoms with E-state index in [4.69, 9.17) is 4.74 Å². The minimum Gasteiger partial charge on any atom is -0.443 e. The van der Waals surface area contributed by atoms with Gasteiger partial charge < -0.3 is 15.0 Å². The number of piperazine rings is 1. The minimum absolute atomic E-state index is 0.0897. The van der Waals surface area contributed by atoms with E-state index in [2.05, 4.69) is 32.3 Å². The molecule has 198 valence electrons. The van der Waals surface area contributed by atoms with Crippen LogP contribution in [0, 0.1) is 23.7 Å². The third-order valence-corrected chi connectivity index (χ3v) is 8.96. The number of rotatable bonds is 7. The zero-order chi connectivity index (χ0) is 25.4. The molecule has 2 bridgehead atoms. The Labute approximate surface area is 218 Å².